The molecule has 3 unspecified atom stereocenters. The van der Waals surface area contributed by atoms with Crippen molar-refractivity contribution in [2.45, 2.75) is 57.8 Å². The first kappa shape index (κ1) is 45.8. The lowest BCUT2D eigenvalue weighted by molar-refractivity contribution is -0.165. The lowest BCUT2D eigenvalue weighted by Gasteiger charge is -2.44. The molecule has 0 aliphatic carbocycles. The highest BCUT2D eigenvalue weighted by Gasteiger charge is 2.40. The van der Waals surface area contributed by atoms with Crippen molar-refractivity contribution in [3.8, 4) is 11.1 Å². The van der Waals surface area contributed by atoms with E-state index in [1.54, 1.807) is 47.3 Å². The molecule has 3 atom stereocenters. The summed E-state index contributed by atoms with van der Waals surface area (Å²) >= 11 is 0. The number of likely N-dealkylation sites (N-methyl/N-ethyl adjacent to an activating group) is 1. The van der Waals surface area contributed by atoms with Gasteiger partial charge in [0.15, 0.2) is 29.7 Å². The van der Waals surface area contributed by atoms with E-state index in [0.717, 1.165) is 42.4 Å². The van der Waals surface area contributed by atoms with Gasteiger partial charge in [-0.25, -0.2) is 18.4 Å². The average molecular weight is 833 g/mol. The fraction of sp³-hybridized carbons (Fsp3) is 0.375. The molecule has 59 heavy (non-hydrogen) atoms. The zero-order chi connectivity index (χ0) is 43.6. The largest absolute Gasteiger partial charge is 0.479 e. The van der Waals surface area contributed by atoms with Gasteiger partial charge in [-0.2, -0.15) is 18.3 Å². The van der Waals surface area contributed by atoms with Crippen LogP contribution in [0.1, 0.15) is 47.3 Å². The summed E-state index contributed by atoms with van der Waals surface area (Å²) in [6, 6.07) is 16.0. The smallest absolute Gasteiger partial charge is 0.416 e. The van der Waals surface area contributed by atoms with Gasteiger partial charge in [-0.1, -0.05) is 62.4 Å². The van der Waals surface area contributed by atoms with Crippen LogP contribution >= 0.6 is 0 Å². The Hall–Kier alpha value is -5.92. The molecular formula is C40H45F5N6O8. The third-order valence-electron chi connectivity index (χ3n) is 9.66. The van der Waals surface area contributed by atoms with Gasteiger partial charge in [-0.15, -0.1) is 0 Å². The number of aliphatic hydroxyl groups excluding tert-OH is 2. The molecule has 2 heterocycles. The van der Waals surface area contributed by atoms with E-state index in [4.69, 9.17) is 20.4 Å². The molecule has 0 fully saturated rings. The predicted molar refractivity (Wildman–Crippen MR) is 204 cm³/mol. The normalized spacial score (nSPS) is 15.0. The van der Waals surface area contributed by atoms with Gasteiger partial charge in [0.2, 0.25) is 5.91 Å². The third kappa shape index (κ3) is 11.8. The number of anilines is 1. The van der Waals surface area contributed by atoms with Crippen LogP contribution in [-0.2, 0) is 40.6 Å². The van der Waals surface area contributed by atoms with Crippen LogP contribution in [0, 0.1) is 11.6 Å². The van der Waals surface area contributed by atoms with Gasteiger partial charge in [0, 0.05) is 32.9 Å². The number of fused-ring (bicyclic) bond motifs is 1. The maximum atomic E-state index is 14.7. The molecule has 14 nitrogen and oxygen atoms in total. The molecule has 19 heteroatoms. The molecule has 0 saturated heterocycles. The van der Waals surface area contributed by atoms with Crippen LogP contribution < -0.4 is 10.2 Å². The summed E-state index contributed by atoms with van der Waals surface area (Å²) in [7, 11) is 1.69. The number of benzene rings is 3. The quantitative estimate of drug-likeness (QED) is 0.102. The van der Waals surface area contributed by atoms with Crippen LogP contribution in [0.15, 0.2) is 72.9 Å². The van der Waals surface area contributed by atoms with E-state index in [9.17, 15) is 41.1 Å². The van der Waals surface area contributed by atoms with Gasteiger partial charge < -0.3 is 40.4 Å². The molecule has 0 saturated carbocycles. The van der Waals surface area contributed by atoms with Gasteiger partial charge in [-0.05, 0) is 66.4 Å². The topological polar surface area (TPSA) is 189 Å². The average Bonchev–Trinajstić information content (AvgIpc) is 3.61. The summed E-state index contributed by atoms with van der Waals surface area (Å²) in [5.41, 5.74) is 1.93. The van der Waals surface area contributed by atoms with Crippen LogP contribution in [-0.4, -0.2) is 115 Å². The van der Waals surface area contributed by atoms with Crippen molar-refractivity contribution in [2.75, 3.05) is 37.6 Å². The number of aliphatic carboxylic acids is 2. The lowest BCUT2D eigenvalue weighted by atomic mass is 10.0. The van der Waals surface area contributed by atoms with Gasteiger partial charge in [0.25, 0.3) is 5.91 Å². The van der Waals surface area contributed by atoms with Crippen molar-refractivity contribution in [3.05, 3.63) is 107 Å². The molecular weight excluding hydrogens is 787 g/mol. The monoisotopic (exact) mass is 832 g/mol. The van der Waals surface area contributed by atoms with Crippen LogP contribution in [0.25, 0.3) is 11.1 Å². The van der Waals surface area contributed by atoms with Gasteiger partial charge in [0.1, 0.15) is 18.3 Å². The van der Waals surface area contributed by atoms with E-state index in [-0.39, 0.29) is 43.3 Å². The number of halogens is 5. The molecule has 3 aromatic carbocycles. The number of alkyl halides is 3. The fourth-order valence-corrected chi connectivity index (χ4v) is 6.34. The zero-order valence-corrected chi connectivity index (χ0v) is 32.4. The summed E-state index contributed by atoms with van der Waals surface area (Å²) in [5, 5.41) is 40.0. The molecule has 1 aromatic heterocycles. The SMILES string of the molecule is CCN(CC)CCN1C(=O)c2cn(C)nc2N(CC(=O)NCc2ccc(-c3ccc(C(F)(F)F)cc3)cc2)C1CCc1cccc(F)c1F.O=C(O)C(O)C(O)C(=O)O. The second-order valence-corrected chi connectivity index (χ2v) is 13.5. The van der Waals surface area contributed by atoms with Crippen molar-refractivity contribution in [2.24, 2.45) is 7.05 Å². The Morgan fingerprint density at radius 3 is 2.00 bits per heavy atom. The Kier molecular flexibility index (Phi) is 15.6. The summed E-state index contributed by atoms with van der Waals surface area (Å²) in [5.74, 6) is -5.68. The minimum Gasteiger partial charge on any atom is -0.479 e. The Labute approximate surface area is 336 Å². The molecule has 1 aliphatic heterocycles. The van der Waals surface area contributed by atoms with Crippen molar-refractivity contribution >= 4 is 29.6 Å². The maximum Gasteiger partial charge on any atom is 0.416 e. The second kappa shape index (κ2) is 20.2. The number of aliphatic hydroxyl groups is 2. The summed E-state index contributed by atoms with van der Waals surface area (Å²) < 4.78 is 69.1. The number of carbonyl (C=O) groups is 4. The molecule has 318 valence electrons. The van der Waals surface area contributed by atoms with Gasteiger partial charge in [-0.3, -0.25) is 14.3 Å². The number of nitrogens with zero attached hydrogens (tertiary/aromatic N) is 5. The molecule has 0 radical (unpaired) electrons. The van der Waals surface area contributed by atoms with E-state index >= 15 is 0 Å². The summed E-state index contributed by atoms with van der Waals surface area (Å²) in [6.07, 6.45) is -7.65. The number of amides is 2. The predicted octanol–water partition coefficient (Wildman–Crippen LogP) is 4.14. The van der Waals surface area contributed by atoms with Crippen LogP contribution in [0.5, 0.6) is 0 Å². The second-order valence-electron chi connectivity index (χ2n) is 13.5. The van der Waals surface area contributed by atoms with Crippen molar-refractivity contribution < 1.29 is 61.6 Å². The molecule has 5 N–H and O–H groups in total. The van der Waals surface area contributed by atoms with E-state index in [2.05, 4.69) is 15.3 Å². The van der Waals surface area contributed by atoms with Crippen molar-refractivity contribution in [1.82, 2.24) is 24.9 Å². The van der Waals surface area contributed by atoms with Gasteiger partial charge >= 0.3 is 18.1 Å². The molecule has 1 aliphatic rings. The van der Waals surface area contributed by atoms with Crippen LogP contribution in [0.4, 0.5) is 27.8 Å². The number of aromatic nitrogens is 2. The summed E-state index contributed by atoms with van der Waals surface area (Å²) in [6.45, 7) is 6.60. The van der Waals surface area contributed by atoms with Gasteiger partial charge in [0.05, 0.1) is 5.56 Å². The Morgan fingerprint density at radius 2 is 1.46 bits per heavy atom. The lowest BCUT2D eigenvalue weighted by Crippen LogP contribution is -2.58. The number of rotatable bonds is 16. The standard InChI is InChI=1S/C36H39F5N6O2.C4H6O6/c1-4-45(5-2)19-20-46-32(18-15-27-7-6-8-30(37)33(27)38)47(34-29(35(46)49)22-44(3)43-34)23-31(48)42-21-24-9-11-25(12-10-24)26-13-16-28(17-14-26)36(39,40)41;5-1(3(7)8)2(6)4(9)10/h6-14,16-17,22,32H,4-5,15,18-21,23H2,1-3H3,(H,42,48);1-2,5-6H,(H,7,8)(H,9,10). The Balaban J connectivity index is 0.000000680. The number of aryl methyl sites for hydroxylation is 2. The zero-order valence-electron chi connectivity index (χ0n) is 32.4. The summed E-state index contributed by atoms with van der Waals surface area (Å²) in [4.78, 5) is 52.5. The van der Waals surface area contributed by atoms with E-state index < -0.39 is 53.7 Å². The Bertz CT molecular complexity index is 2060. The number of carboxylic acid groups (broad SMARTS) is 2. The molecule has 4 aromatic rings. The number of carboxylic acids is 2. The van der Waals surface area contributed by atoms with Crippen molar-refractivity contribution in [1.29, 1.82) is 0 Å². The third-order valence-corrected chi connectivity index (χ3v) is 9.66. The molecule has 0 bridgehead atoms. The first-order chi connectivity index (χ1) is 27.9. The number of carbonyl (C=O) groups excluding carboxylic acids is 2. The van der Waals surface area contributed by atoms with E-state index in [1.165, 1.54) is 28.9 Å². The van der Waals surface area contributed by atoms with E-state index in [0.29, 0.717) is 30.0 Å². The fourth-order valence-electron chi connectivity index (χ4n) is 6.34. The number of hydrogen-bond acceptors (Lipinski definition) is 9. The Morgan fingerprint density at radius 1 is 0.881 bits per heavy atom. The highest BCUT2D eigenvalue weighted by atomic mass is 19.4. The molecule has 5 rings (SSSR count). The molecule has 2 amide bonds. The van der Waals surface area contributed by atoms with Crippen molar-refractivity contribution in [3.63, 3.8) is 0 Å². The highest BCUT2D eigenvalue weighted by molar-refractivity contribution is 6.01. The minimum atomic E-state index is -4.41. The van der Waals surface area contributed by atoms with Crippen LogP contribution in [0.2, 0.25) is 0 Å². The first-order valence-corrected chi connectivity index (χ1v) is 18.5. The first-order valence-electron chi connectivity index (χ1n) is 18.5. The van der Waals surface area contributed by atoms with E-state index in [1.807, 2.05) is 13.8 Å². The molecule has 0 spiro atoms. The number of nitrogens with one attached hydrogen (secondary N) is 1. The minimum absolute atomic E-state index is 0.120. The maximum absolute atomic E-state index is 14.7. The number of hydrogen-bond donors (Lipinski definition) is 5. The van der Waals surface area contributed by atoms with Crippen LogP contribution in [0.3, 0.4) is 0 Å². The highest BCUT2D eigenvalue weighted by Crippen LogP contribution is 2.33.